The minimum atomic E-state index is -0.770. The third-order valence-electron chi connectivity index (χ3n) is 3.78. The fourth-order valence-corrected chi connectivity index (χ4v) is 2.60. The number of rotatable bonds is 4. The highest BCUT2D eigenvalue weighted by atomic mass is 16.4. The van der Waals surface area contributed by atoms with E-state index >= 15 is 0 Å². The zero-order valence-corrected chi connectivity index (χ0v) is 12.5. The number of aromatic nitrogens is 3. The van der Waals surface area contributed by atoms with Gasteiger partial charge >= 0.3 is 5.97 Å². The number of pyridine rings is 1. The molecule has 3 aromatic rings. The number of benzene rings is 1. The topological polar surface area (TPSA) is 68.0 Å². The van der Waals surface area contributed by atoms with E-state index in [1.165, 1.54) is 0 Å². The first-order chi connectivity index (χ1) is 10.6. The maximum atomic E-state index is 10.9. The third kappa shape index (κ3) is 2.57. The maximum Gasteiger partial charge on any atom is 0.306 e. The summed E-state index contributed by atoms with van der Waals surface area (Å²) in [5.41, 5.74) is 3.91. The molecule has 0 aliphatic heterocycles. The number of carboxylic acids is 1. The van der Waals surface area contributed by atoms with Gasteiger partial charge in [-0.25, -0.2) is 4.98 Å². The van der Waals surface area contributed by atoms with E-state index in [9.17, 15) is 4.79 Å². The van der Waals surface area contributed by atoms with Crippen LogP contribution in [0.3, 0.4) is 0 Å². The molecule has 0 radical (unpaired) electrons. The normalized spacial score (nSPS) is 12.5. The van der Waals surface area contributed by atoms with Crippen LogP contribution in [0.25, 0.3) is 16.7 Å². The second-order valence-electron chi connectivity index (χ2n) is 5.47. The Balaban J connectivity index is 1.95. The summed E-state index contributed by atoms with van der Waals surface area (Å²) in [5.74, 6) is -0.254. The van der Waals surface area contributed by atoms with Gasteiger partial charge in [-0.05, 0) is 37.1 Å². The Morgan fingerprint density at radius 2 is 2.00 bits per heavy atom. The molecule has 2 heterocycles. The number of hydrogen-bond acceptors (Lipinski definition) is 3. The molecule has 3 rings (SSSR count). The van der Waals surface area contributed by atoms with Crippen molar-refractivity contribution >= 4 is 17.0 Å². The van der Waals surface area contributed by atoms with Gasteiger partial charge in [0.1, 0.15) is 11.3 Å². The second-order valence-corrected chi connectivity index (χ2v) is 5.47. The third-order valence-corrected chi connectivity index (χ3v) is 3.78. The minimum Gasteiger partial charge on any atom is -0.481 e. The number of carbonyl (C=O) groups is 1. The fraction of sp³-hybridized carbons (Fsp3) is 0.235. The Labute approximate surface area is 128 Å². The molecule has 1 N–H and O–H groups in total. The number of aryl methyl sites for hydroxylation is 1. The molecule has 1 aromatic carbocycles. The molecule has 0 fully saturated rings. The molecular weight excluding hydrogens is 278 g/mol. The van der Waals surface area contributed by atoms with E-state index < -0.39 is 5.97 Å². The van der Waals surface area contributed by atoms with Crippen LogP contribution in [0.2, 0.25) is 0 Å². The fourth-order valence-electron chi connectivity index (χ4n) is 2.60. The molecule has 0 amide bonds. The SMILES string of the molecule is Cc1nc2cnccc2n1-c1ccc(CC(C)C(=O)O)cc1. The average Bonchev–Trinajstić information content (AvgIpc) is 2.84. The summed E-state index contributed by atoms with van der Waals surface area (Å²) in [5, 5.41) is 8.98. The van der Waals surface area contributed by atoms with Crippen molar-refractivity contribution in [3.8, 4) is 5.69 Å². The van der Waals surface area contributed by atoms with E-state index in [1.807, 2.05) is 37.3 Å². The molecule has 1 unspecified atom stereocenters. The lowest BCUT2D eigenvalue weighted by Gasteiger charge is -2.10. The largest absolute Gasteiger partial charge is 0.481 e. The number of carboxylic acid groups (broad SMARTS) is 1. The molecule has 5 heteroatoms. The molecule has 0 saturated carbocycles. The summed E-state index contributed by atoms with van der Waals surface area (Å²) in [7, 11) is 0. The molecule has 22 heavy (non-hydrogen) atoms. The monoisotopic (exact) mass is 295 g/mol. The molecule has 0 aliphatic rings. The lowest BCUT2D eigenvalue weighted by atomic mass is 10.0. The average molecular weight is 295 g/mol. The highest BCUT2D eigenvalue weighted by molar-refractivity contribution is 5.77. The number of fused-ring (bicyclic) bond motifs is 1. The van der Waals surface area contributed by atoms with Crippen molar-refractivity contribution in [1.29, 1.82) is 0 Å². The summed E-state index contributed by atoms with van der Waals surface area (Å²) in [6, 6.07) is 9.88. The zero-order chi connectivity index (χ0) is 15.7. The Kier molecular flexibility index (Phi) is 3.63. The van der Waals surface area contributed by atoms with Crippen LogP contribution in [0.5, 0.6) is 0 Å². The Bertz CT molecular complexity index is 822. The van der Waals surface area contributed by atoms with Crippen LogP contribution in [0.1, 0.15) is 18.3 Å². The first kappa shape index (κ1) is 14.3. The molecular formula is C17H17N3O2. The molecule has 5 nitrogen and oxygen atoms in total. The summed E-state index contributed by atoms with van der Waals surface area (Å²) < 4.78 is 2.07. The van der Waals surface area contributed by atoms with Crippen LogP contribution >= 0.6 is 0 Å². The highest BCUT2D eigenvalue weighted by Gasteiger charge is 2.12. The predicted octanol–water partition coefficient (Wildman–Crippen LogP) is 2.99. The van der Waals surface area contributed by atoms with Crippen LogP contribution in [0.4, 0.5) is 0 Å². The number of imidazole rings is 1. The molecule has 112 valence electrons. The lowest BCUT2D eigenvalue weighted by molar-refractivity contribution is -0.141. The molecule has 0 aliphatic carbocycles. The Morgan fingerprint density at radius 1 is 1.27 bits per heavy atom. The van der Waals surface area contributed by atoms with Crippen LogP contribution in [-0.2, 0) is 11.2 Å². The number of hydrogen-bond donors (Lipinski definition) is 1. The van der Waals surface area contributed by atoms with Gasteiger partial charge in [0.15, 0.2) is 0 Å². The summed E-state index contributed by atoms with van der Waals surface area (Å²) in [4.78, 5) is 19.5. The Hall–Kier alpha value is -2.69. The van der Waals surface area contributed by atoms with Crippen molar-refractivity contribution in [2.45, 2.75) is 20.3 Å². The van der Waals surface area contributed by atoms with Crippen molar-refractivity contribution in [3.63, 3.8) is 0 Å². The van der Waals surface area contributed by atoms with E-state index in [-0.39, 0.29) is 5.92 Å². The molecule has 0 spiro atoms. The Morgan fingerprint density at radius 3 is 2.68 bits per heavy atom. The van der Waals surface area contributed by atoms with Gasteiger partial charge in [0, 0.05) is 11.9 Å². The first-order valence-corrected chi connectivity index (χ1v) is 7.17. The van der Waals surface area contributed by atoms with E-state index in [2.05, 4.69) is 14.5 Å². The summed E-state index contributed by atoms with van der Waals surface area (Å²) >= 11 is 0. The van der Waals surface area contributed by atoms with Gasteiger partial charge in [-0.2, -0.15) is 0 Å². The van der Waals surface area contributed by atoms with Crippen molar-refractivity contribution in [3.05, 3.63) is 54.1 Å². The van der Waals surface area contributed by atoms with Gasteiger partial charge in [-0.15, -0.1) is 0 Å². The van der Waals surface area contributed by atoms with Crippen molar-refractivity contribution in [1.82, 2.24) is 14.5 Å². The van der Waals surface area contributed by atoms with E-state index in [0.29, 0.717) is 6.42 Å². The zero-order valence-electron chi connectivity index (χ0n) is 12.5. The molecule has 2 aromatic heterocycles. The van der Waals surface area contributed by atoms with Gasteiger partial charge in [0.05, 0.1) is 17.6 Å². The first-order valence-electron chi connectivity index (χ1n) is 7.17. The van der Waals surface area contributed by atoms with Gasteiger partial charge < -0.3 is 5.11 Å². The van der Waals surface area contributed by atoms with Gasteiger partial charge in [-0.3, -0.25) is 14.3 Å². The summed E-state index contributed by atoms with van der Waals surface area (Å²) in [6.07, 6.45) is 4.04. The predicted molar refractivity (Wildman–Crippen MR) is 84.1 cm³/mol. The smallest absolute Gasteiger partial charge is 0.306 e. The number of aliphatic carboxylic acids is 1. The van der Waals surface area contributed by atoms with E-state index in [0.717, 1.165) is 28.1 Å². The van der Waals surface area contributed by atoms with Crippen molar-refractivity contribution in [2.75, 3.05) is 0 Å². The van der Waals surface area contributed by atoms with Gasteiger partial charge in [-0.1, -0.05) is 19.1 Å². The van der Waals surface area contributed by atoms with Gasteiger partial charge in [0.25, 0.3) is 0 Å². The highest BCUT2D eigenvalue weighted by Crippen LogP contribution is 2.21. The van der Waals surface area contributed by atoms with E-state index in [4.69, 9.17) is 5.11 Å². The van der Waals surface area contributed by atoms with Crippen molar-refractivity contribution in [2.24, 2.45) is 5.92 Å². The standard InChI is InChI=1S/C17H17N3O2/c1-11(17(21)22)9-13-3-5-14(6-4-13)20-12(2)19-15-10-18-8-7-16(15)20/h3-8,10-11H,9H2,1-2H3,(H,21,22). The molecule has 1 atom stereocenters. The summed E-state index contributed by atoms with van der Waals surface area (Å²) in [6.45, 7) is 3.68. The van der Waals surface area contributed by atoms with Crippen LogP contribution in [0, 0.1) is 12.8 Å². The van der Waals surface area contributed by atoms with Crippen molar-refractivity contribution < 1.29 is 9.90 Å². The second kappa shape index (κ2) is 5.60. The van der Waals surface area contributed by atoms with Crippen LogP contribution < -0.4 is 0 Å². The minimum absolute atomic E-state index is 0.382. The lowest BCUT2D eigenvalue weighted by Crippen LogP contribution is -2.12. The molecule has 0 bridgehead atoms. The quantitative estimate of drug-likeness (QED) is 0.803. The van der Waals surface area contributed by atoms with Crippen LogP contribution in [0.15, 0.2) is 42.7 Å². The maximum absolute atomic E-state index is 10.9. The van der Waals surface area contributed by atoms with Gasteiger partial charge in [0.2, 0.25) is 0 Å². The van der Waals surface area contributed by atoms with E-state index in [1.54, 1.807) is 19.3 Å². The van der Waals surface area contributed by atoms with Crippen LogP contribution in [-0.4, -0.2) is 25.6 Å². The number of nitrogens with zero attached hydrogens (tertiary/aromatic N) is 3. The molecule has 0 saturated heterocycles.